The third-order valence-corrected chi connectivity index (χ3v) is 2.34. The predicted octanol–water partition coefficient (Wildman–Crippen LogP) is 2.12. The van der Waals surface area contributed by atoms with Crippen LogP contribution in [-0.4, -0.2) is 17.4 Å². The molecule has 90 valence electrons. The van der Waals surface area contributed by atoms with Crippen LogP contribution in [0, 0.1) is 17.2 Å². The Morgan fingerprint density at radius 3 is 2.94 bits per heavy atom. The third kappa shape index (κ3) is 4.64. The fraction of sp³-hybridized carbons (Fsp3) is 0.462. The van der Waals surface area contributed by atoms with Crippen LogP contribution in [0.15, 0.2) is 18.2 Å². The van der Waals surface area contributed by atoms with Gasteiger partial charge in [-0.1, -0.05) is 19.9 Å². The van der Waals surface area contributed by atoms with Gasteiger partial charge in [-0.15, -0.1) is 0 Å². The van der Waals surface area contributed by atoms with E-state index in [-0.39, 0.29) is 11.6 Å². The van der Waals surface area contributed by atoms with Gasteiger partial charge in [-0.2, -0.15) is 5.26 Å². The van der Waals surface area contributed by atoms with Crippen molar-refractivity contribution in [1.82, 2.24) is 10.3 Å². The maximum absolute atomic E-state index is 11.7. The van der Waals surface area contributed by atoms with Crippen molar-refractivity contribution in [3.8, 4) is 6.07 Å². The predicted molar refractivity (Wildman–Crippen MR) is 65.4 cm³/mol. The van der Waals surface area contributed by atoms with E-state index in [1.165, 1.54) is 0 Å². The molecule has 0 atom stereocenters. The van der Waals surface area contributed by atoms with E-state index >= 15 is 0 Å². The molecule has 0 bridgehead atoms. The van der Waals surface area contributed by atoms with E-state index in [0.29, 0.717) is 18.2 Å². The van der Waals surface area contributed by atoms with Crippen LogP contribution in [0.25, 0.3) is 0 Å². The van der Waals surface area contributed by atoms with E-state index in [0.717, 1.165) is 12.8 Å². The number of hydrogen-bond donors (Lipinski definition) is 1. The molecular formula is C13H17N3O. The number of carbonyl (C=O) groups is 1. The first kappa shape index (κ1) is 13.2. The maximum atomic E-state index is 11.7. The number of nitrogens with zero attached hydrogens (tertiary/aromatic N) is 2. The molecule has 17 heavy (non-hydrogen) atoms. The van der Waals surface area contributed by atoms with Gasteiger partial charge < -0.3 is 5.32 Å². The first-order valence-electron chi connectivity index (χ1n) is 5.79. The minimum Gasteiger partial charge on any atom is -0.351 e. The number of rotatable bonds is 5. The normalized spacial score (nSPS) is 10.0. The smallest absolute Gasteiger partial charge is 0.269 e. The summed E-state index contributed by atoms with van der Waals surface area (Å²) in [6.07, 6.45) is 2.05. The van der Waals surface area contributed by atoms with E-state index in [4.69, 9.17) is 5.26 Å². The van der Waals surface area contributed by atoms with Gasteiger partial charge in [0.2, 0.25) is 0 Å². The fourth-order valence-corrected chi connectivity index (χ4v) is 1.43. The molecule has 4 nitrogen and oxygen atoms in total. The van der Waals surface area contributed by atoms with Crippen LogP contribution < -0.4 is 5.32 Å². The molecule has 0 aliphatic carbocycles. The number of aromatic nitrogens is 1. The van der Waals surface area contributed by atoms with E-state index in [2.05, 4.69) is 24.1 Å². The molecule has 1 N–H and O–H groups in total. The molecule has 0 aliphatic heterocycles. The quantitative estimate of drug-likeness (QED) is 0.789. The summed E-state index contributed by atoms with van der Waals surface area (Å²) in [6, 6.07) is 6.76. The van der Waals surface area contributed by atoms with Gasteiger partial charge in [0.15, 0.2) is 0 Å². The molecule has 0 saturated heterocycles. The summed E-state index contributed by atoms with van der Waals surface area (Å²) in [5.41, 5.74) is 0.563. The standard InChI is InChI=1S/C13H17N3O/c1-10(2)5-4-8-15-13(17)12-7-3-6-11(9-14)16-12/h3,6-7,10H,4-5,8H2,1-2H3,(H,15,17). The summed E-state index contributed by atoms with van der Waals surface area (Å²) >= 11 is 0. The number of hydrogen-bond acceptors (Lipinski definition) is 3. The Labute approximate surface area is 102 Å². The van der Waals surface area contributed by atoms with Crippen LogP contribution in [0.5, 0.6) is 0 Å². The van der Waals surface area contributed by atoms with Crippen molar-refractivity contribution in [2.45, 2.75) is 26.7 Å². The van der Waals surface area contributed by atoms with Crippen molar-refractivity contribution >= 4 is 5.91 Å². The van der Waals surface area contributed by atoms with Crippen LogP contribution in [0.1, 0.15) is 42.9 Å². The molecule has 0 fully saturated rings. The largest absolute Gasteiger partial charge is 0.351 e. The Bertz CT molecular complexity index is 421. The number of pyridine rings is 1. The van der Waals surface area contributed by atoms with Gasteiger partial charge in [-0.3, -0.25) is 4.79 Å². The minimum absolute atomic E-state index is 0.217. The topological polar surface area (TPSA) is 65.8 Å². The SMILES string of the molecule is CC(C)CCCNC(=O)c1cccc(C#N)n1. The second kappa shape index (κ2) is 6.64. The highest BCUT2D eigenvalue weighted by atomic mass is 16.1. The van der Waals surface area contributed by atoms with Gasteiger partial charge in [-0.05, 0) is 30.9 Å². The zero-order chi connectivity index (χ0) is 12.7. The Balaban J connectivity index is 2.44. The average Bonchev–Trinajstić information content (AvgIpc) is 2.34. The molecule has 0 aromatic carbocycles. The average molecular weight is 231 g/mol. The van der Waals surface area contributed by atoms with E-state index in [1.54, 1.807) is 18.2 Å². The van der Waals surface area contributed by atoms with Crippen molar-refractivity contribution in [1.29, 1.82) is 5.26 Å². The fourth-order valence-electron chi connectivity index (χ4n) is 1.43. The van der Waals surface area contributed by atoms with E-state index in [9.17, 15) is 4.79 Å². The van der Waals surface area contributed by atoms with Crippen molar-refractivity contribution in [3.05, 3.63) is 29.6 Å². The van der Waals surface area contributed by atoms with Crippen LogP contribution in [-0.2, 0) is 0 Å². The van der Waals surface area contributed by atoms with Crippen molar-refractivity contribution in [2.24, 2.45) is 5.92 Å². The molecule has 0 saturated carbocycles. The lowest BCUT2D eigenvalue weighted by atomic mass is 10.1. The lowest BCUT2D eigenvalue weighted by Gasteiger charge is -2.06. The summed E-state index contributed by atoms with van der Waals surface area (Å²) < 4.78 is 0. The number of carbonyl (C=O) groups excluding carboxylic acids is 1. The molecule has 1 aromatic rings. The highest BCUT2D eigenvalue weighted by Crippen LogP contribution is 2.02. The first-order chi connectivity index (χ1) is 8.13. The van der Waals surface area contributed by atoms with Crippen molar-refractivity contribution in [2.75, 3.05) is 6.54 Å². The van der Waals surface area contributed by atoms with E-state index in [1.807, 2.05) is 6.07 Å². The Morgan fingerprint density at radius 1 is 1.53 bits per heavy atom. The number of amides is 1. The van der Waals surface area contributed by atoms with Crippen molar-refractivity contribution < 1.29 is 4.79 Å². The van der Waals surface area contributed by atoms with Crippen LogP contribution >= 0.6 is 0 Å². The Kier molecular flexibility index (Phi) is 5.15. The molecular weight excluding hydrogens is 214 g/mol. The highest BCUT2D eigenvalue weighted by Gasteiger charge is 2.06. The lowest BCUT2D eigenvalue weighted by molar-refractivity contribution is 0.0947. The van der Waals surface area contributed by atoms with E-state index < -0.39 is 0 Å². The van der Waals surface area contributed by atoms with Crippen LogP contribution in [0.2, 0.25) is 0 Å². The summed E-state index contributed by atoms with van der Waals surface area (Å²) in [7, 11) is 0. The van der Waals surface area contributed by atoms with Crippen LogP contribution in [0.4, 0.5) is 0 Å². The van der Waals surface area contributed by atoms with Gasteiger partial charge in [-0.25, -0.2) is 4.98 Å². The monoisotopic (exact) mass is 231 g/mol. The Hall–Kier alpha value is -1.89. The van der Waals surface area contributed by atoms with Crippen LogP contribution in [0.3, 0.4) is 0 Å². The zero-order valence-corrected chi connectivity index (χ0v) is 10.2. The zero-order valence-electron chi connectivity index (χ0n) is 10.2. The minimum atomic E-state index is -0.217. The van der Waals surface area contributed by atoms with Gasteiger partial charge in [0.05, 0.1) is 0 Å². The molecule has 0 aliphatic rings. The summed E-state index contributed by atoms with van der Waals surface area (Å²) in [4.78, 5) is 15.6. The summed E-state index contributed by atoms with van der Waals surface area (Å²) in [5.74, 6) is 0.429. The Morgan fingerprint density at radius 2 is 2.29 bits per heavy atom. The molecule has 0 unspecified atom stereocenters. The second-order valence-electron chi connectivity index (χ2n) is 4.31. The molecule has 0 radical (unpaired) electrons. The van der Waals surface area contributed by atoms with Gasteiger partial charge >= 0.3 is 0 Å². The number of nitriles is 1. The highest BCUT2D eigenvalue weighted by molar-refractivity contribution is 5.92. The lowest BCUT2D eigenvalue weighted by Crippen LogP contribution is -2.25. The van der Waals surface area contributed by atoms with Crippen molar-refractivity contribution in [3.63, 3.8) is 0 Å². The molecule has 1 heterocycles. The first-order valence-corrected chi connectivity index (χ1v) is 5.79. The van der Waals surface area contributed by atoms with Gasteiger partial charge in [0, 0.05) is 6.54 Å². The third-order valence-electron chi connectivity index (χ3n) is 2.34. The maximum Gasteiger partial charge on any atom is 0.269 e. The molecule has 0 spiro atoms. The molecule has 1 rings (SSSR count). The molecule has 1 amide bonds. The molecule has 4 heteroatoms. The van der Waals surface area contributed by atoms with Gasteiger partial charge in [0.25, 0.3) is 5.91 Å². The second-order valence-corrected chi connectivity index (χ2v) is 4.31. The molecule has 1 aromatic heterocycles. The number of nitrogens with one attached hydrogen (secondary N) is 1. The summed E-state index contributed by atoms with van der Waals surface area (Å²) in [5, 5.41) is 11.5. The van der Waals surface area contributed by atoms with Gasteiger partial charge in [0.1, 0.15) is 17.5 Å². The summed E-state index contributed by atoms with van der Waals surface area (Å²) in [6.45, 7) is 4.95.